The van der Waals surface area contributed by atoms with Crippen LogP contribution in [0.4, 0.5) is 0 Å². The third-order valence-electron chi connectivity index (χ3n) is 8.61. The van der Waals surface area contributed by atoms with Gasteiger partial charge in [0.1, 0.15) is 0 Å². The Morgan fingerprint density at radius 1 is 1.12 bits per heavy atom. The van der Waals surface area contributed by atoms with E-state index >= 15 is 0 Å². The van der Waals surface area contributed by atoms with E-state index in [4.69, 9.17) is 0 Å². The molecule has 0 amide bonds. The number of benzene rings is 1. The van der Waals surface area contributed by atoms with Gasteiger partial charge in [-0.3, -0.25) is 0 Å². The van der Waals surface area contributed by atoms with E-state index in [2.05, 4.69) is 58.7 Å². The molecule has 2 aliphatic carbocycles. The van der Waals surface area contributed by atoms with E-state index < -0.39 is 0 Å². The molecule has 24 heavy (non-hydrogen) atoms. The summed E-state index contributed by atoms with van der Waals surface area (Å²) in [5, 5.41) is 11.0. The van der Waals surface area contributed by atoms with Crippen LogP contribution >= 0.6 is 0 Å². The first kappa shape index (κ1) is 16.6. The number of aryl methyl sites for hydroxylation is 1. The minimum atomic E-state index is -0.208. The molecule has 4 atom stereocenters. The molecular weight excluding hydrogens is 294 g/mol. The second-order valence-corrected chi connectivity index (χ2v) is 9.59. The summed E-state index contributed by atoms with van der Waals surface area (Å²) >= 11 is 0. The van der Waals surface area contributed by atoms with Crippen molar-refractivity contribution in [1.82, 2.24) is 4.90 Å². The van der Waals surface area contributed by atoms with Gasteiger partial charge in [0.25, 0.3) is 0 Å². The summed E-state index contributed by atoms with van der Waals surface area (Å²) in [7, 11) is 2.31. The largest absolute Gasteiger partial charge is 0.393 e. The van der Waals surface area contributed by atoms with Gasteiger partial charge in [-0.1, -0.05) is 32.9 Å². The molecule has 1 N–H and O–H groups in total. The molecular formula is C22H33NO. The van der Waals surface area contributed by atoms with Crippen LogP contribution in [-0.2, 0) is 11.8 Å². The lowest BCUT2D eigenvalue weighted by Gasteiger charge is -2.71. The smallest absolute Gasteiger partial charge is 0.0600 e. The van der Waals surface area contributed by atoms with Gasteiger partial charge in [0.2, 0.25) is 0 Å². The van der Waals surface area contributed by atoms with Gasteiger partial charge in [0, 0.05) is 16.9 Å². The third kappa shape index (κ3) is 1.65. The lowest BCUT2D eigenvalue weighted by atomic mass is 9.36. The second kappa shape index (κ2) is 4.86. The molecule has 2 bridgehead atoms. The van der Waals surface area contributed by atoms with E-state index in [9.17, 15) is 5.11 Å². The fourth-order valence-electron chi connectivity index (χ4n) is 7.03. The Kier molecular flexibility index (Phi) is 3.36. The molecule has 1 saturated carbocycles. The lowest BCUT2D eigenvalue weighted by molar-refractivity contribution is -0.178. The van der Waals surface area contributed by atoms with Crippen molar-refractivity contribution in [2.75, 3.05) is 13.6 Å². The lowest BCUT2D eigenvalue weighted by Crippen LogP contribution is -2.73. The Morgan fingerprint density at radius 3 is 2.54 bits per heavy atom. The third-order valence-corrected chi connectivity index (χ3v) is 8.61. The van der Waals surface area contributed by atoms with Crippen molar-refractivity contribution in [3.63, 3.8) is 0 Å². The summed E-state index contributed by atoms with van der Waals surface area (Å²) in [4.78, 5) is 2.60. The highest BCUT2D eigenvalue weighted by Crippen LogP contribution is 2.69. The second-order valence-electron chi connectivity index (χ2n) is 9.59. The van der Waals surface area contributed by atoms with E-state index in [1.54, 1.807) is 5.56 Å². The summed E-state index contributed by atoms with van der Waals surface area (Å²) in [5.74, 6) is 0. The van der Waals surface area contributed by atoms with Crippen LogP contribution in [0.1, 0.15) is 62.3 Å². The van der Waals surface area contributed by atoms with Crippen molar-refractivity contribution in [1.29, 1.82) is 0 Å². The van der Waals surface area contributed by atoms with Crippen LogP contribution in [-0.4, -0.2) is 35.7 Å². The average molecular weight is 328 g/mol. The standard InChI is InChI=1S/C22H33NO/c1-14-7-8-16-13-17-21(5)10-9-18(24)20(3,4)22(21,11-12-23(17)6)19(16)15(14)2/h7-8,17-18,24H,9-13H2,1-6H3/t17-,18?,21?,22+/m1/s1. The predicted octanol–water partition coefficient (Wildman–Crippen LogP) is 3.99. The van der Waals surface area contributed by atoms with Crippen LogP contribution in [0.25, 0.3) is 0 Å². The zero-order valence-electron chi connectivity index (χ0n) is 16.2. The molecule has 0 aromatic heterocycles. The van der Waals surface area contributed by atoms with E-state index in [-0.39, 0.29) is 22.3 Å². The molecule has 0 radical (unpaired) electrons. The minimum absolute atomic E-state index is 0.0819. The van der Waals surface area contributed by atoms with Crippen LogP contribution in [0.5, 0.6) is 0 Å². The number of likely N-dealkylation sites (tertiary alicyclic amines) is 1. The molecule has 4 rings (SSSR count). The van der Waals surface area contributed by atoms with Gasteiger partial charge >= 0.3 is 0 Å². The van der Waals surface area contributed by atoms with E-state index in [0.717, 1.165) is 32.2 Å². The van der Waals surface area contributed by atoms with Crippen molar-refractivity contribution in [3.05, 3.63) is 34.4 Å². The maximum absolute atomic E-state index is 11.0. The van der Waals surface area contributed by atoms with Crippen molar-refractivity contribution in [3.8, 4) is 0 Å². The normalized spacial score (nSPS) is 40.8. The summed E-state index contributed by atoms with van der Waals surface area (Å²) < 4.78 is 0. The van der Waals surface area contributed by atoms with Gasteiger partial charge in [0.05, 0.1) is 6.10 Å². The summed E-state index contributed by atoms with van der Waals surface area (Å²) in [6.07, 6.45) is 4.20. The quantitative estimate of drug-likeness (QED) is 0.779. The van der Waals surface area contributed by atoms with Crippen LogP contribution in [0, 0.1) is 24.7 Å². The maximum atomic E-state index is 11.0. The average Bonchev–Trinajstić information content (AvgIpc) is 2.51. The van der Waals surface area contributed by atoms with E-state index in [0.29, 0.717) is 6.04 Å². The molecule has 2 heteroatoms. The van der Waals surface area contributed by atoms with E-state index in [1.165, 1.54) is 16.7 Å². The number of likely N-dealkylation sites (N-methyl/N-ethyl adjacent to an activating group) is 1. The van der Waals surface area contributed by atoms with Crippen molar-refractivity contribution in [2.24, 2.45) is 10.8 Å². The Labute approximate surface area is 147 Å². The van der Waals surface area contributed by atoms with Crippen molar-refractivity contribution in [2.45, 2.75) is 77.9 Å². The molecule has 2 unspecified atom stereocenters. The molecule has 2 fully saturated rings. The molecule has 1 saturated heterocycles. The van der Waals surface area contributed by atoms with Crippen molar-refractivity contribution >= 4 is 0 Å². The Bertz CT molecular complexity index is 693. The number of aliphatic hydroxyl groups is 1. The van der Waals surface area contributed by atoms with Crippen LogP contribution in [0.15, 0.2) is 12.1 Å². The Balaban J connectivity index is 2.10. The number of piperidine rings is 1. The number of hydrogen-bond donors (Lipinski definition) is 1. The van der Waals surface area contributed by atoms with E-state index in [1.807, 2.05) is 0 Å². The molecule has 2 nitrogen and oxygen atoms in total. The maximum Gasteiger partial charge on any atom is 0.0600 e. The molecule has 0 spiro atoms. The number of nitrogens with zero attached hydrogens (tertiary/aromatic N) is 1. The van der Waals surface area contributed by atoms with Crippen LogP contribution in [0.2, 0.25) is 0 Å². The highest BCUT2D eigenvalue weighted by Gasteiger charge is 2.69. The van der Waals surface area contributed by atoms with Gasteiger partial charge in [-0.05, 0) is 80.8 Å². The van der Waals surface area contributed by atoms with Gasteiger partial charge in [-0.2, -0.15) is 0 Å². The molecule has 1 heterocycles. The summed E-state index contributed by atoms with van der Waals surface area (Å²) in [6, 6.07) is 5.27. The fourth-order valence-corrected chi connectivity index (χ4v) is 7.03. The number of fused-ring (bicyclic) bond motifs is 1. The first-order valence-corrected chi connectivity index (χ1v) is 9.65. The Hall–Kier alpha value is -0.860. The van der Waals surface area contributed by atoms with Crippen LogP contribution < -0.4 is 0 Å². The minimum Gasteiger partial charge on any atom is -0.393 e. The zero-order chi connectivity index (χ0) is 17.5. The summed E-state index contributed by atoms with van der Waals surface area (Å²) in [5.41, 5.74) is 6.25. The summed E-state index contributed by atoms with van der Waals surface area (Å²) in [6.45, 7) is 12.9. The first-order valence-electron chi connectivity index (χ1n) is 9.65. The highest BCUT2D eigenvalue weighted by atomic mass is 16.3. The molecule has 1 aromatic carbocycles. The first-order chi connectivity index (χ1) is 11.2. The molecule has 3 aliphatic rings. The molecule has 1 aliphatic heterocycles. The number of hydrogen-bond acceptors (Lipinski definition) is 2. The van der Waals surface area contributed by atoms with Gasteiger partial charge in [0.15, 0.2) is 0 Å². The highest BCUT2D eigenvalue weighted by molar-refractivity contribution is 5.52. The fraction of sp³-hybridized carbons (Fsp3) is 0.727. The topological polar surface area (TPSA) is 23.5 Å². The molecule has 1 aromatic rings. The van der Waals surface area contributed by atoms with Gasteiger partial charge in [-0.25, -0.2) is 0 Å². The number of rotatable bonds is 0. The Morgan fingerprint density at radius 2 is 1.83 bits per heavy atom. The van der Waals surface area contributed by atoms with Gasteiger partial charge < -0.3 is 10.0 Å². The zero-order valence-corrected chi connectivity index (χ0v) is 16.2. The molecule has 132 valence electrons. The monoisotopic (exact) mass is 327 g/mol. The predicted molar refractivity (Wildman–Crippen MR) is 99.5 cm³/mol. The van der Waals surface area contributed by atoms with Crippen LogP contribution in [0.3, 0.4) is 0 Å². The number of aliphatic hydroxyl groups excluding tert-OH is 1. The SMILES string of the molecule is Cc1ccc2c(c1C)[C@]13CCN(C)[C@H](C2)C1(C)CCC(O)C3(C)C. The van der Waals surface area contributed by atoms with Gasteiger partial charge in [-0.15, -0.1) is 0 Å². The van der Waals surface area contributed by atoms with Crippen molar-refractivity contribution < 1.29 is 5.11 Å².